The number of azide groups is 1. The summed E-state index contributed by atoms with van der Waals surface area (Å²) in [5.41, 5.74) is 9.65. The van der Waals surface area contributed by atoms with Crippen molar-refractivity contribution in [2.45, 2.75) is 24.8 Å². The van der Waals surface area contributed by atoms with Crippen LogP contribution < -0.4 is 0 Å². The summed E-state index contributed by atoms with van der Waals surface area (Å²) in [7, 11) is 1.39. The second-order valence-corrected chi connectivity index (χ2v) is 4.42. The molecule has 5 nitrogen and oxygen atoms in total. The summed E-state index contributed by atoms with van der Waals surface area (Å²) in [6.45, 7) is 0. The lowest BCUT2D eigenvalue weighted by atomic mass is 9.87. The number of carbonyl (C=O) groups is 1. The first-order valence-electron chi connectivity index (χ1n) is 5.95. The number of rotatable bonds is 3. The lowest BCUT2D eigenvalue weighted by Crippen LogP contribution is -2.23. The van der Waals surface area contributed by atoms with Crippen LogP contribution in [0.1, 0.15) is 24.3 Å². The zero-order valence-electron chi connectivity index (χ0n) is 10.2. The van der Waals surface area contributed by atoms with E-state index in [1.54, 1.807) is 0 Å². The Morgan fingerprint density at radius 2 is 2.11 bits per heavy atom. The standard InChI is InChI=1S/C13H15N3O2/c1-18-13(17)10-7-8-11(15-16-14)12(10)9-5-3-2-4-6-9/h2-6,10-12H,7-8H2,1H3. The number of hydrogen-bond donors (Lipinski definition) is 0. The van der Waals surface area contributed by atoms with Crippen molar-refractivity contribution >= 4 is 5.97 Å². The van der Waals surface area contributed by atoms with Crippen LogP contribution in [-0.2, 0) is 9.53 Å². The topological polar surface area (TPSA) is 75.1 Å². The molecule has 0 saturated heterocycles. The molecule has 0 radical (unpaired) electrons. The molecule has 1 aliphatic carbocycles. The van der Waals surface area contributed by atoms with Crippen LogP contribution in [0.2, 0.25) is 0 Å². The molecule has 3 atom stereocenters. The third kappa shape index (κ3) is 2.31. The molecule has 18 heavy (non-hydrogen) atoms. The van der Waals surface area contributed by atoms with Gasteiger partial charge >= 0.3 is 5.97 Å². The van der Waals surface area contributed by atoms with Crippen LogP contribution >= 0.6 is 0 Å². The Kier molecular flexibility index (Phi) is 3.85. The summed E-state index contributed by atoms with van der Waals surface area (Å²) in [5, 5.41) is 3.82. The second kappa shape index (κ2) is 5.56. The maximum Gasteiger partial charge on any atom is 0.309 e. The minimum atomic E-state index is -0.223. The van der Waals surface area contributed by atoms with E-state index in [-0.39, 0.29) is 23.8 Å². The van der Waals surface area contributed by atoms with Crippen molar-refractivity contribution in [2.24, 2.45) is 11.0 Å². The zero-order chi connectivity index (χ0) is 13.0. The maximum absolute atomic E-state index is 11.8. The number of methoxy groups -OCH3 is 1. The van der Waals surface area contributed by atoms with Gasteiger partial charge in [-0.3, -0.25) is 4.79 Å². The molecule has 94 valence electrons. The Balaban J connectivity index is 2.34. The highest BCUT2D eigenvalue weighted by atomic mass is 16.5. The number of esters is 1. The van der Waals surface area contributed by atoms with Gasteiger partial charge in [-0.05, 0) is 23.9 Å². The summed E-state index contributed by atoms with van der Waals surface area (Å²) in [4.78, 5) is 14.7. The van der Waals surface area contributed by atoms with Gasteiger partial charge in [0.2, 0.25) is 0 Å². The van der Waals surface area contributed by atoms with Gasteiger partial charge in [0, 0.05) is 16.9 Å². The van der Waals surface area contributed by atoms with Gasteiger partial charge in [0.05, 0.1) is 13.0 Å². The Hall–Kier alpha value is -2.00. The zero-order valence-corrected chi connectivity index (χ0v) is 10.2. The fraction of sp³-hybridized carbons (Fsp3) is 0.462. The third-order valence-corrected chi connectivity index (χ3v) is 3.51. The number of hydrogen-bond acceptors (Lipinski definition) is 3. The minimum absolute atomic E-state index is 0.0745. The van der Waals surface area contributed by atoms with Crippen molar-refractivity contribution in [2.75, 3.05) is 7.11 Å². The largest absolute Gasteiger partial charge is 0.469 e. The van der Waals surface area contributed by atoms with Crippen molar-refractivity contribution in [1.82, 2.24) is 0 Å². The Labute approximate surface area is 105 Å². The fourth-order valence-corrected chi connectivity index (χ4v) is 2.72. The van der Waals surface area contributed by atoms with E-state index in [0.717, 1.165) is 12.0 Å². The number of nitrogens with zero attached hydrogens (tertiary/aromatic N) is 3. The van der Waals surface area contributed by atoms with Gasteiger partial charge in [0.1, 0.15) is 0 Å². The summed E-state index contributed by atoms with van der Waals surface area (Å²) < 4.78 is 4.84. The molecule has 1 aromatic rings. The van der Waals surface area contributed by atoms with Crippen LogP contribution in [0, 0.1) is 5.92 Å². The van der Waals surface area contributed by atoms with Crippen molar-refractivity contribution in [3.8, 4) is 0 Å². The van der Waals surface area contributed by atoms with Crippen molar-refractivity contribution in [1.29, 1.82) is 0 Å². The first kappa shape index (κ1) is 12.5. The number of carbonyl (C=O) groups excluding carboxylic acids is 1. The average molecular weight is 245 g/mol. The minimum Gasteiger partial charge on any atom is -0.469 e. The molecule has 1 aliphatic rings. The van der Waals surface area contributed by atoms with E-state index in [0.29, 0.717) is 6.42 Å². The highest BCUT2D eigenvalue weighted by Crippen LogP contribution is 2.42. The van der Waals surface area contributed by atoms with E-state index in [9.17, 15) is 4.79 Å². The molecular formula is C13H15N3O2. The van der Waals surface area contributed by atoms with Crippen molar-refractivity contribution < 1.29 is 9.53 Å². The predicted octanol–water partition coefficient (Wildman–Crippen LogP) is 3.03. The summed E-state index contributed by atoms with van der Waals surface area (Å²) >= 11 is 0. The number of benzene rings is 1. The SMILES string of the molecule is COC(=O)C1CCC(N=[N+]=[N-])C1c1ccccc1. The smallest absolute Gasteiger partial charge is 0.309 e. The first-order valence-corrected chi connectivity index (χ1v) is 5.95. The molecular weight excluding hydrogens is 230 g/mol. The van der Waals surface area contributed by atoms with Crippen LogP contribution in [-0.4, -0.2) is 19.1 Å². The predicted molar refractivity (Wildman–Crippen MR) is 66.9 cm³/mol. The van der Waals surface area contributed by atoms with E-state index in [2.05, 4.69) is 10.0 Å². The molecule has 0 bridgehead atoms. The van der Waals surface area contributed by atoms with Crippen molar-refractivity contribution in [3.63, 3.8) is 0 Å². The van der Waals surface area contributed by atoms with E-state index in [1.807, 2.05) is 30.3 Å². The molecule has 0 heterocycles. The monoisotopic (exact) mass is 245 g/mol. The van der Waals surface area contributed by atoms with Crippen LogP contribution in [0.15, 0.2) is 35.4 Å². The highest BCUT2D eigenvalue weighted by Gasteiger charge is 2.41. The van der Waals surface area contributed by atoms with Gasteiger partial charge in [-0.1, -0.05) is 35.4 Å². The lowest BCUT2D eigenvalue weighted by Gasteiger charge is -2.21. The molecule has 0 amide bonds. The molecule has 5 heteroatoms. The maximum atomic E-state index is 11.8. The van der Waals surface area contributed by atoms with Crippen LogP contribution in [0.4, 0.5) is 0 Å². The molecule has 3 unspecified atom stereocenters. The van der Waals surface area contributed by atoms with Gasteiger partial charge < -0.3 is 4.74 Å². The molecule has 2 rings (SSSR count). The van der Waals surface area contributed by atoms with Gasteiger partial charge in [0.15, 0.2) is 0 Å². The fourth-order valence-electron chi connectivity index (χ4n) is 2.72. The normalized spacial score (nSPS) is 26.4. The third-order valence-electron chi connectivity index (χ3n) is 3.51. The van der Waals surface area contributed by atoms with Crippen molar-refractivity contribution in [3.05, 3.63) is 46.3 Å². The van der Waals surface area contributed by atoms with E-state index in [4.69, 9.17) is 10.3 Å². The van der Waals surface area contributed by atoms with E-state index in [1.165, 1.54) is 7.11 Å². The molecule has 0 spiro atoms. The lowest BCUT2D eigenvalue weighted by molar-refractivity contribution is -0.145. The summed E-state index contributed by atoms with van der Waals surface area (Å²) in [6, 6.07) is 9.54. The Morgan fingerprint density at radius 1 is 1.39 bits per heavy atom. The highest BCUT2D eigenvalue weighted by molar-refractivity contribution is 5.74. The molecule has 1 aromatic carbocycles. The first-order chi connectivity index (χ1) is 8.77. The second-order valence-electron chi connectivity index (χ2n) is 4.42. The van der Waals surface area contributed by atoms with Gasteiger partial charge in [0.25, 0.3) is 0 Å². The van der Waals surface area contributed by atoms with Crippen LogP contribution in [0.5, 0.6) is 0 Å². The molecule has 0 aliphatic heterocycles. The molecule has 1 saturated carbocycles. The molecule has 0 N–H and O–H groups in total. The number of ether oxygens (including phenoxy) is 1. The Morgan fingerprint density at radius 3 is 2.72 bits per heavy atom. The quantitative estimate of drug-likeness (QED) is 0.355. The van der Waals surface area contributed by atoms with Gasteiger partial charge in [-0.25, -0.2) is 0 Å². The van der Waals surface area contributed by atoms with Gasteiger partial charge in [-0.15, -0.1) is 0 Å². The van der Waals surface area contributed by atoms with Gasteiger partial charge in [-0.2, -0.15) is 0 Å². The summed E-state index contributed by atoms with van der Waals surface area (Å²) in [5.74, 6) is -0.512. The molecule has 1 fully saturated rings. The van der Waals surface area contributed by atoms with E-state index >= 15 is 0 Å². The van der Waals surface area contributed by atoms with Crippen LogP contribution in [0.3, 0.4) is 0 Å². The van der Waals surface area contributed by atoms with Crippen LogP contribution in [0.25, 0.3) is 10.4 Å². The summed E-state index contributed by atoms with van der Waals surface area (Å²) in [6.07, 6.45) is 1.43. The van der Waals surface area contributed by atoms with E-state index < -0.39 is 0 Å². The molecule has 0 aromatic heterocycles. The Bertz CT molecular complexity index is 468. The average Bonchev–Trinajstić information content (AvgIpc) is 2.83.